The van der Waals surface area contributed by atoms with E-state index >= 15 is 0 Å². The Bertz CT molecular complexity index is 967. The Morgan fingerprint density at radius 2 is 1.96 bits per heavy atom. The summed E-state index contributed by atoms with van der Waals surface area (Å²) in [5, 5.41) is 3.56. The molecule has 28 heavy (non-hydrogen) atoms. The lowest BCUT2D eigenvalue weighted by Gasteiger charge is -2.21. The van der Waals surface area contributed by atoms with Gasteiger partial charge in [0.1, 0.15) is 17.4 Å². The number of halogens is 1. The molecule has 1 aliphatic rings. The van der Waals surface area contributed by atoms with Crippen LogP contribution in [0.5, 0.6) is 5.75 Å². The molecule has 1 fully saturated rings. The van der Waals surface area contributed by atoms with Gasteiger partial charge >= 0.3 is 0 Å². The smallest absolute Gasteiger partial charge is 0.254 e. The summed E-state index contributed by atoms with van der Waals surface area (Å²) >= 11 is 7.51. The van der Waals surface area contributed by atoms with Crippen LogP contribution >= 0.6 is 22.9 Å². The number of hydrogen-bond acceptors (Lipinski definition) is 4. The number of para-hydroxylation sites is 1. The van der Waals surface area contributed by atoms with Crippen LogP contribution in [0.3, 0.4) is 0 Å². The van der Waals surface area contributed by atoms with Crippen molar-refractivity contribution in [3.8, 4) is 5.75 Å². The van der Waals surface area contributed by atoms with Crippen molar-refractivity contribution in [3.63, 3.8) is 0 Å². The zero-order valence-electron chi connectivity index (χ0n) is 15.6. The van der Waals surface area contributed by atoms with Crippen molar-refractivity contribution in [2.75, 3.05) is 0 Å². The number of aryl methyl sites for hydroxylation is 1. The average Bonchev–Trinajstić information content (AvgIpc) is 3.45. The molecule has 4 rings (SSSR count). The molecule has 0 saturated heterocycles. The minimum Gasteiger partial charge on any atom is -0.486 e. The third-order valence-corrected chi connectivity index (χ3v) is 5.84. The third kappa shape index (κ3) is 4.54. The number of amides is 1. The van der Waals surface area contributed by atoms with Crippen molar-refractivity contribution < 1.29 is 9.53 Å². The van der Waals surface area contributed by atoms with Crippen LogP contribution in [0.4, 0.5) is 0 Å². The Morgan fingerprint density at radius 1 is 1.21 bits per heavy atom. The van der Waals surface area contributed by atoms with Crippen LogP contribution < -0.4 is 4.74 Å². The van der Waals surface area contributed by atoms with Crippen molar-refractivity contribution in [1.29, 1.82) is 0 Å². The second kappa shape index (κ2) is 8.33. The van der Waals surface area contributed by atoms with E-state index in [9.17, 15) is 4.79 Å². The Kier molecular flexibility index (Phi) is 5.64. The molecule has 0 N–H and O–H groups in total. The van der Waals surface area contributed by atoms with Crippen LogP contribution in [-0.2, 0) is 13.2 Å². The molecule has 1 heterocycles. The number of ether oxygens (including phenoxy) is 1. The lowest BCUT2D eigenvalue weighted by Crippen LogP contribution is -2.32. The number of carbonyl (C=O) groups is 1. The molecule has 0 unspecified atom stereocenters. The van der Waals surface area contributed by atoms with E-state index in [-0.39, 0.29) is 5.91 Å². The SMILES string of the molecule is Cc1ccccc1OCc1nc(CN(C(=O)c2ccc(Cl)cc2)C2CC2)cs1. The summed E-state index contributed by atoms with van der Waals surface area (Å²) in [5.41, 5.74) is 2.67. The van der Waals surface area contributed by atoms with Gasteiger partial charge in [-0.15, -0.1) is 11.3 Å². The van der Waals surface area contributed by atoms with E-state index in [1.807, 2.05) is 41.5 Å². The Balaban J connectivity index is 1.42. The summed E-state index contributed by atoms with van der Waals surface area (Å²) < 4.78 is 5.88. The Morgan fingerprint density at radius 3 is 2.68 bits per heavy atom. The van der Waals surface area contributed by atoms with Gasteiger partial charge in [-0.1, -0.05) is 29.8 Å². The zero-order chi connectivity index (χ0) is 19.5. The van der Waals surface area contributed by atoms with Gasteiger partial charge in [-0.3, -0.25) is 4.79 Å². The van der Waals surface area contributed by atoms with Crippen molar-refractivity contribution >= 4 is 28.8 Å². The molecular weight excluding hydrogens is 392 g/mol. The highest BCUT2D eigenvalue weighted by Crippen LogP contribution is 2.30. The molecule has 144 valence electrons. The second-order valence-electron chi connectivity index (χ2n) is 6.96. The van der Waals surface area contributed by atoms with E-state index < -0.39 is 0 Å². The minimum absolute atomic E-state index is 0.0323. The molecule has 0 aliphatic heterocycles. The maximum absolute atomic E-state index is 12.9. The van der Waals surface area contributed by atoms with Crippen molar-refractivity contribution in [1.82, 2.24) is 9.88 Å². The summed E-state index contributed by atoms with van der Waals surface area (Å²) in [6, 6.07) is 15.3. The summed E-state index contributed by atoms with van der Waals surface area (Å²) in [6.07, 6.45) is 2.10. The van der Waals surface area contributed by atoms with E-state index in [0.717, 1.165) is 34.9 Å². The number of aromatic nitrogens is 1. The fourth-order valence-electron chi connectivity index (χ4n) is 3.03. The number of carbonyl (C=O) groups excluding carboxylic acids is 1. The molecule has 0 radical (unpaired) electrons. The van der Waals surface area contributed by atoms with Gasteiger partial charge in [-0.25, -0.2) is 4.98 Å². The minimum atomic E-state index is 0.0323. The normalized spacial score (nSPS) is 13.4. The molecular formula is C22H21ClN2O2S. The standard InChI is InChI=1S/C22H21ClN2O2S/c1-15-4-2-3-5-20(15)27-13-21-24-18(14-28-21)12-25(19-10-11-19)22(26)16-6-8-17(23)9-7-16/h2-9,14,19H,10-13H2,1H3. The summed E-state index contributed by atoms with van der Waals surface area (Å²) in [7, 11) is 0. The van der Waals surface area contributed by atoms with Gasteiger partial charge in [0.15, 0.2) is 0 Å². The molecule has 0 atom stereocenters. The number of rotatable bonds is 7. The summed E-state index contributed by atoms with van der Waals surface area (Å²) in [6.45, 7) is 2.98. The average molecular weight is 413 g/mol. The maximum Gasteiger partial charge on any atom is 0.254 e. The summed E-state index contributed by atoms with van der Waals surface area (Å²) in [5.74, 6) is 0.904. The highest BCUT2D eigenvalue weighted by Gasteiger charge is 2.33. The monoisotopic (exact) mass is 412 g/mol. The molecule has 0 spiro atoms. The molecule has 4 nitrogen and oxygen atoms in total. The lowest BCUT2D eigenvalue weighted by atomic mass is 10.2. The second-order valence-corrected chi connectivity index (χ2v) is 8.34. The number of hydrogen-bond donors (Lipinski definition) is 0. The van der Waals surface area contributed by atoms with Crippen LogP contribution in [0, 0.1) is 6.92 Å². The van der Waals surface area contributed by atoms with Gasteiger partial charge in [-0.05, 0) is 55.7 Å². The Labute approximate surface area is 173 Å². The Hall–Kier alpha value is -2.37. The van der Waals surface area contributed by atoms with Gasteiger partial charge < -0.3 is 9.64 Å². The third-order valence-electron chi connectivity index (χ3n) is 4.72. The molecule has 6 heteroatoms. The molecule has 1 aliphatic carbocycles. The van der Waals surface area contributed by atoms with Crippen molar-refractivity contribution in [2.24, 2.45) is 0 Å². The van der Waals surface area contributed by atoms with Crippen LogP contribution in [0.2, 0.25) is 5.02 Å². The molecule has 2 aromatic carbocycles. The first kappa shape index (κ1) is 19.0. The largest absolute Gasteiger partial charge is 0.486 e. The van der Waals surface area contributed by atoms with Crippen LogP contribution in [0.15, 0.2) is 53.9 Å². The fraction of sp³-hybridized carbons (Fsp3) is 0.273. The van der Waals surface area contributed by atoms with E-state index in [0.29, 0.717) is 29.8 Å². The fourth-order valence-corrected chi connectivity index (χ4v) is 3.85. The first-order valence-corrected chi connectivity index (χ1v) is 10.5. The lowest BCUT2D eigenvalue weighted by molar-refractivity contribution is 0.0728. The highest BCUT2D eigenvalue weighted by atomic mass is 35.5. The number of thiazole rings is 1. The van der Waals surface area contributed by atoms with E-state index in [1.165, 1.54) is 0 Å². The van der Waals surface area contributed by atoms with Gasteiger partial charge in [0.25, 0.3) is 5.91 Å². The quantitative estimate of drug-likeness (QED) is 0.515. The molecule has 1 amide bonds. The predicted octanol–water partition coefficient (Wildman–Crippen LogP) is 5.49. The van der Waals surface area contributed by atoms with Crippen LogP contribution in [0.25, 0.3) is 0 Å². The first-order chi connectivity index (χ1) is 13.6. The van der Waals surface area contributed by atoms with Gasteiger partial charge in [0, 0.05) is 22.0 Å². The van der Waals surface area contributed by atoms with Crippen LogP contribution in [-0.4, -0.2) is 21.8 Å². The highest BCUT2D eigenvalue weighted by molar-refractivity contribution is 7.09. The molecule has 0 bridgehead atoms. The van der Waals surface area contributed by atoms with E-state index in [1.54, 1.807) is 35.6 Å². The van der Waals surface area contributed by atoms with Crippen LogP contribution in [0.1, 0.15) is 39.5 Å². The molecule has 1 saturated carbocycles. The molecule has 3 aromatic rings. The zero-order valence-corrected chi connectivity index (χ0v) is 17.2. The summed E-state index contributed by atoms with van der Waals surface area (Å²) in [4.78, 5) is 19.5. The van der Waals surface area contributed by atoms with Crippen molar-refractivity contribution in [3.05, 3.63) is 80.8 Å². The van der Waals surface area contributed by atoms with Gasteiger partial charge in [0.05, 0.1) is 12.2 Å². The van der Waals surface area contributed by atoms with E-state index in [2.05, 4.69) is 4.98 Å². The van der Waals surface area contributed by atoms with E-state index in [4.69, 9.17) is 16.3 Å². The first-order valence-electron chi connectivity index (χ1n) is 9.28. The number of nitrogens with zero attached hydrogens (tertiary/aromatic N) is 2. The molecule has 1 aromatic heterocycles. The topological polar surface area (TPSA) is 42.4 Å². The van der Waals surface area contributed by atoms with Gasteiger partial charge in [-0.2, -0.15) is 0 Å². The number of benzene rings is 2. The predicted molar refractivity (Wildman–Crippen MR) is 112 cm³/mol. The van der Waals surface area contributed by atoms with Gasteiger partial charge in [0.2, 0.25) is 0 Å². The van der Waals surface area contributed by atoms with Crippen molar-refractivity contribution in [2.45, 2.75) is 39.0 Å². The maximum atomic E-state index is 12.9.